The van der Waals surface area contributed by atoms with Crippen molar-refractivity contribution < 1.29 is 9.53 Å². The van der Waals surface area contributed by atoms with Crippen LogP contribution < -0.4 is 0 Å². The molecule has 0 radical (unpaired) electrons. The van der Waals surface area contributed by atoms with Crippen molar-refractivity contribution in [3.05, 3.63) is 48.8 Å². The van der Waals surface area contributed by atoms with Crippen LogP contribution in [0, 0.1) is 0 Å². The highest BCUT2D eigenvalue weighted by Crippen LogP contribution is 2.23. The molecule has 0 bridgehead atoms. The summed E-state index contributed by atoms with van der Waals surface area (Å²) in [7, 11) is 0. The maximum Gasteiger partial charge on any atom is 0.319 e. The van der Waals surface area contributed by atoms with E-state index in [1.807, 2.05) is 49.5 Å². The zero-order chi connectivity index (χ0) is 13.5. The van der Waals surface area contributed by atoms with Gasteiger partial charge in [0.05, 0.1) is 6.54 Å². The Bertz CT molecular complexity index is 499. The van der Waals surface area contributed by atoms with E-state index in [9.17, 15) is 4.79 Å². The van der Waals surface area contributed by atoms with Crippen molar-refractivity contribution in [2.75, 3.05) is 6.61 Å². The second-order valence-corrected chi connectivity index (χ2v) is 5.42. The summed E-state index contributed by atoms with van der Waals surface area (Å²) in [6, 6.07) is 11.7. The molecule has 0 aliphatic heterocycles. The van der Waals surface area contributed by atoms with Gasteiger partial charge in [0.25, 0.3) is 0 Å². The molecule has 1 aromatic carbocycles. The number of nitrogens with zero attached hydrogens (tertiary/aromatic N) is 2. The lowest BCUT2D eigenvalue weighted by Crippen LogP contribution is -2.19. The van der Waals surface area contributed by atoms with Gasteiger partial charge in [-0.25, -0.2) is 0 Å². The predicted molar refractivity (Wildman–Crippen MR) is 74.9 cm³/mol. The summed E-state index contributed by atoms with van der Waals surface area (Å²) in [5, 5.41) is 3.84. The highest BCUT2D eigenvalue weighted by Gasteiger charge is 2.15. The molecule has 0 aliphatic carbocycles. The SMILES string of the molecule is CC(Sc1ccccc1)C(=O)OCCn1cccn1. The molecule has 1 heterocycles. The van der Waals surface area contributed by atoms with Gasteiger partial charge in [-0.15, -0.1) is 11.8 Å². The molecular weight excluding hydrogens is 260 g/mol. The summed E-state index contributed by atoms with van der Waals surface area (Å²) in [5.41, 5.74) is 0. The fraction of sp³-hybridized carbons (Fsp3) is 0.286. The van der Waals surface area contributed by atoms with Crippen molar-refractivity contribution in [3.8, 4) is 0 Å². The highest BCUT2D eigenvalue weighted by molar-refractivity contribution is 8.00. The molecule has 2 aromatic rings. The normalized spacial score (nSPS) is 12.1. The Labute approximate surface area is 116 Å². The monoisotopic (exact) mass is 276 g/mol. The minimum Gasteiger partial charge on any atom is -0.463 e. The van der Waals surface area contributed by atoms with Crippen molar-refractivity contribution in [1.29, 1.82) is 0 Å². The van der Waals surface area contributed by atoms with Gasteiger partial charge in [0.15, 0.2) is 0 Å². The fourth-order valence-electron chi connectivity index (χ4n) is 1.54. The number of ether oxygens (including phenoxy) is 1. The van der Waals surface area contributed by atoms with Gasteiger partial charge in [-0.05, 0) is 25.1 Å². The molecule has 100 valence electrons. The molecule has 0 saturated carbocycles. The third kappa shape index (κ3) is 4.44. The van der Waals surface area contributed by atoms with Crippen LogP contribution in [0.5, 0.6) is 0 Å². The van der Waals surface area contributed by atoms with Crippen LogP contribution in [0.1, 0.15) is 6.92 Å². The van der Waals surface area contributed by atoms with Crippen molar-refractivity contribution in [2.24, 2.45) is 0 Å². The number of thioether (sulfide) groups is 1. The zero-order valence-electron chi connectivity index (χ0n) is 10.7. The molecule has 0 N–H and O–H groups in total. The van der Waals surface area contributed by atoms with Crippen LogP contribution in [0.15, 0.2) is 53.7 Å². The van der Waals surface area contributed by atoms with Crippen LogP contribution in [0.25, 0.3) is 0 Å². The Morgan fingerprint density at radius 2 is 2.16 bits per heavy atom. The topological polar surface area (TPSA) is 44.1 Å². The molecule has 1 aromatic heterocycles. The number of hydrogen-bond acceptors (Lipinski definition) is 4. The van der Waals surface area contributed by atoms with Gasteiger partial charge in [-0.1, -0.05) is 18.2 Å². The molecule has 0 amide bonds. The number of hydrogen-bond donors (Lipinski definition) is 0. The Morgan fingerprint density at radius 3 is 2.84 bits per heavy atom. The average molecular weight is 276 g/mol. The summed E-state index contributed by atoms with van der Waals surface area (Å²) >= 11 is 1.50. The van der Waals surface area contributed by atoms with Crippen molar-refractivity contribution in [3.63, 3.8) is 0 Å². The number of rotatable bonds is 6. The van der Waals surface area contributed by atoms with E-state index in [2.05, 4.69) is 5.10 Å². The molecule has 19 heavy (non-hydrogen) atoms. The largest absolute Gasteiger partial charge is 0.463 e. The van der Waals surface area contributed by atoms with Crippen molar-refractivity contribution >= 4 is 17.7 Å². The van der Waals surface area contributed by atoms with Crippen LogP contribution in [0.4, 0.5) is 0 Å². The maximum absolute atomic E-state index is 11.8. The van der Waals surface area contributed by atoms with Gasteiger partial charge in [-0.3, -0.25) is 9.48 Å². The fourth-order valence-corrected chi connectivity index (χ4v) is 2.43. The van der Waals surface area contributed by atoms with E-state index < -0.39 is 0 Å². The molecule has 0 spiro atoms. The number of esters is 1. The van der Waals surface area contributed by atoms with E-state index in [4.69, 9.17) is 4.74 Å². The lowest BCUT2D eigenvalue weighted by Gasteiger charge is -2.11. The van der Waals surface area contributed by atoms with Gasteiger partial charge in [0.2, 0.25) is 0 Å². The first-order chi connectivity index (χ1) is 9.25. The van der Waals surface area contributed by atoms with Gasteiger partial charge < -0.3 is 4.74 Å². The number of carbonyl (C=O) groups excluding carboxylic acids is 1. The van der Waals surface area contributed by atoms with Gasteiger partial charge in [-0.2, -0.15) is 5.10 Å². The molecule has 0 saturated heterocycles. The van der Waals surface area contributed by atoms with E-state index in [1.165, 1.54) is 11.8 Å². The molecule has 0 aliphatic rings. The van der Waals surface area contributed by atoms with Gasteiger partial charge in [0, 0.05) is 17.3 Å². The van der Waals surface area contributed by atoms with Crippen LogP contribution in [0.2, 0.25) is 0 Å². The first-order valence-electron chi connectivity index (χ1n) is 6.11. The van der Waals surface area contributed by atoms with Crippen molar-refractivity contribution in [2.45, 2.75) is 23.6 Å². The molecule has 4 nitrogen and oxygen atoms in total. The van der Waals surface area contributed by atoms with Crippen LogP contribution in [-0.2, 0) is 16.1 Å². The summed E-state index contributed by atoms with van der Waals surface area (Å²) in [6.07, 6.45) is 3.55. The Morgan fingerprint density at radius 1 is 1.37 bits per heavy atom. The molecule has 2 rings (SSSR count). The summed E-state index contributed by atoms with van der Waals surface area (Å²) < 4.78 is 6.97. The van der Waals surface area contributed by atoms with Crippen LogP contribution in [-0.4, -0.2) is 27.6 Å². The van der Waals surface area contributed by atoms with E-state index in [1.54, 1.807) is 10.9 Å². The zero-order valence-corrected chi connectivity index (χ0v) is 11.5. The molecule has 5 heteroatoms. The molecular formula is C14H16N2O2S. The lowest BCUT2D eigenvalue weighted by molar-refractivity contribution is -0.142. The molecule has 1 atom stereocenters. The van der Waals surface area contributed by atoms with Crippen LogP contribution in [0.3, 0.4) is 0 Å². The molecule has 1 unspecified atom stereocenters. The van der Waals surface area contributed by atoms with Crippen molar-refractivity contribution in [1.82, 2.24) is 9.78 Å². The van der Waals surface area contributed by atoms with E-state index >= 15 is 0 Å². The maximum atomic E-state index is 11.8. The minimum absolute atomic E-state index is 0.194. The quantitative estimate of drug-likeness (QED) is 0.601. The predicted octanol–water partition coefficient (Wildman–Crippen LogP) is 2.61. The van der Waals surface area contributed by atoms with E-state index in [-0.39, 0.29) is 11.2 Å². The average Bonchev–Trinajstić information content (AvgIpc) is 2.93. The van der Waals surface area contributed by atoms with E-state index in [0.717, 1.165) is 4.90 Å². The second kappa shape index (κ2) is 6.99. The Kier molecular flexibility index (Phi) is 5.03. The standard InChI is InChI=1S/C14H16N2O2S/c1-12(19-13-6-3-2-4-7-13)14(17)18-11-10-16-9-5-8-15-16/h2-9,12H,10-11H2,1H3. The number of carbonyl (C=O) groups is 1. The van der Waals surface area contributed by atoms with Crippen LogP contribution >= 0.6 is 11.8 Å². The van der Waals surface area contributed by atoms with Gasteiger partial charge in [0.1, 0.15) is 11.9 Å². The smallest absolute Gasteiger partial charge is 0.319 e. The third-order valence-electron chi connectivity index (χ3n) is 2.51. The Hall–Kier alpha value is -1.75. The Balaban J connectivity index is 1.73. The second-order valence-electron chi connectivity index (χ2n) is 4.01. The summed E-state index contributed by atoms with van der Waals surface area (Å²) in [6.45, 7) is 2.79. The first kappa shape index (κ1) is 13.7. The third-order valence-corrected chi connectivity index (χ3v) is 3.60. The van der Waals surface area contributed by atoms with E-state index in [0.29, 0.717) is 13.2 Å². The first-order valence-corrected chi connectivity index (χ1v) is 6.99. The minimum atomic E-state index is -0.208. The van der Waals surface area contributed by atoms with Gasteiger partial charge >= 0.3 is 5.97 Å². The number of aromatic nitrogens is 2. The summed E-state index contributed by atoms with van der Waals surface area (Å²) in [5.74, 6) is -0.194. The lowest BCUT2D eigenvalue weighted by atomic mass is 10.4. The highest BCUT2D eigenvalue weighted by atomic mass is 32.2. The molecule has 0 fully saturated rings. The summed E-state index contributed by atoms with van der Waals surface area (Å²) in [4.78, 5) is 12.9. The number of benzene rings is 1.